The first-order valence-corrected chi connectivity index (χ1v) is 7.15. The molecule has 0 aromatic heterocycles. The van der Waals surface area contributed by atoms with Crippen LogP contribution in [0.4, 0.5) is 0 Å². The number of ether oxygens (including phenoxy) is 2. The van der Waals surface area contributed by atoms with Crippen molar-refractivity contribution < 1.29 is 39.8 Å². The highest BCUT2D eigenvalue weighted by Crippen LogP contribution is 2.25. The molecule has 1 aromatic rings. The van der Waals surface area contributed by atoms with Crippen molar-refractivity contribution in [2.75, 3.05) is 6.61 Å². The molecule has 6 atom stereocenters. The fraction of sp³-hybridized carbons (Fsp3) is 0.533. The molecule has 8 heteroatoms. The molecule has 1 saturated heterocycles. The fourth-order valence-electron chi connectivity index (χ4n) is 2.28. The molecule has 0 saturated carbocycles. The van der Waals surface area contributed by atoms with Crippen LogP contribution in [-0.4, -0.2) is 68.8 Å². The monoisotopic (exact) mass is 328 g/mol. The third kappa shape index (κ3) is 3.80. The highest BCUT2D eigenvalue weighted by atomic mass is 16.7. The fourth-order valence-corrected chi connectivity index (χ4v) is 2.28. The van der Waals surface area contributed by atoms with E-state index in [9.17, 15) is 25.2 Å². The molecule has 23 heavy (non-hydrogen) atoms. The van der Waals surface area contributed by atoms with Crippen molar-refractivity contribution >= 4 is 5.97 Å². The van der Waals surface area contributed by atoms with Crippen LogP contribution in [0.15, 0.2) is 24.3 Å². The summed E-state index contributed by atoms with van der Waals surface area (Å²) in [6.07, 6.45) is -7.40. The summed E-state index contributed by atoms with van der Waals surface area (Å²) < 4.78 is 10.2. The third-order valence-corrected chi connectivity index (χ3v) is 3.83. The number of phenolic OH excluding ortho intramolecular Hbond substituents is 1. The summed E-state index contributed by atoms with van der Waals surface area (Å²) >= 11 is 0. The molecule has 1 fully saturated rings. The predicted molar refractivity (Wildman–Crippen MR) is 76.4 cm³/mol. The Morgan fingerprint density at radius 1 is 1.17 bits per heavy atom. The van der Waals surface area contributed by atoms with Crippen molar-refractivity contribution in [3.63, 3.8) is 0 Å². The van der Waals surface area contributed by atoms with Crippen LogP contribution in [0.5, 0.6) is 5.75 Å². The number of benzene rings is 1. The van der Waals surface area contributed by atoms with E-state index >= 15 is 0 Å². The highest BCUT2D eigenvalue weighted by molar-refractivity contribution is 5.77. The molecule has 1 aliphatic rings. The second-order valence-corrected chi connectivity index (χ2v) is 5.45. The van der Waals surface area contributed by atoms with E-state index in [-0.39, 0.29) is 5.75 Å². The molecule has 2 rings (SSSR count). The standard InChI is InChI=1S/C15H20O8/c1-7(8-2-4-9(17)5-3-8)14(21)23-15-13(20)12(19)11(18)10(6-16)22-15/h2-5,7,10-13,15-20H,6H2,1H3/t7-,10+,11+,12-,13+,15-/m1/s1. The second-order valence-electron chi connectivity index (χ2n) is 5.45. The SMILES string of the molecule is C[C@@H](C(=O)O[C@H]1O[C@@H](CO)[C@H](O)[C@@H](O)[C@@H]1O)c1ccc(O)cc1. The zero-order valence-electron chi connectivity index (χ0n) is 12.4. The maximum Gasteiger partial charge on any atom is 0.315 e. The number of hydrogen-bond donors (Lipinski definition) is 5. The Bertz CT molecular complexity index is 529. The zero-order chi connectivity index (χ0) is 17.1. The average Bonchev–Trinajstić information content (AvgIpc) is 2.55. The van der Waals surface area contributed by atoms with Crippen LogP contribution < -0.4 is 0 Å². The van der Waals surface area contributed by atoms with Gasteiger partial charge in [0.05, 0.1) is 12.5 Å². The van der Waals surface area contributed by atoms with Crippen molar-refractivity contribution in [2.24, 2.45) is 0 Å². The lowest BCUT2D eigenvalue weighted by Gasteiger charge is -2.39. The Morgan fingerprint density at radius 3 is 2.35 bits per heavy atom. The molecule has 8 nitrogen and oxygen atoms in total. The lowest BCUT2D eigenvalue weighted by Crippen LogP contribution is -2.59. The first-order valence-electron chi connectivity index (χ1n) is 7.15. The Hall–Kier alpha value is -1.71. The van der Waals surface area contributed by atoms with Gasteiger partial charge in [-0.1, -0.05) is 12.1 Å². The van der Waals surface area contributed by atoms with Gasteiger partial charge in [-0.25, -0.2) is 0 Å². The summed E-state index contributed by atoms with van der Waals surface area (Å²) in [6.45, 7) is 0.964. The molecule has 1 aromatic carbocycles. The topological polar surface area (TPSA) is 137 Å². The van der Waals surface area contributed by atoms with Gasteiger partial charge in [-0.15, -0.1) is 0 Å². The van der Waals surface area contributed by atoms with Crippen molar-refractivity contribution in [3.05, 3.63) is 29.8 Å². The number of rotatable bonds is 4. The van der Waals surface area contributed by atoms with Gasteiger partial charge < -0.3 is 35.0 Å². The van der Waals surface area contributed by atoms with E-state index in [1.807, 2.05) is 0 Å². The number of aliphatic hydroxyl groups excluding tert-OH is 4. The van der Waals surface area contributed by atoms with Crippen LogP contribution in [0.1, 0.15) is 18.4 Å². The molecular weight excluding hydrogens is 308 g/mol. The highest BCUT2D eigenvalue weighted by Gasteiger charge is 2.45. The van der Waals surface area contributed by atoms with Gasteiger partial charge in [0, 0.05) is 0 Å². The number of hydrogen-bond acceptors (Lipinski definition) is 8. The van der Waals surface area contributed by atoms with Crippen LogP contribution in [0.3, 0.4) is 0 Å². The minimum absolute atomic E-state index is 0.0586. The third-order valence-electron chi connectivity index (χ3n) is 3.83. The first-order chi connectivity index (χ1) is 10.8. The number of carbonyl (C=O) groups is 1. The molecule has 0 bridgehead atoms. The lowest BCUT2D eigenvalue weighted by atomic mass is 9.99. The van der Waals surface area contributed by atoms with Gasteiger partial charge in [0.1, 0.15) is 30.2 Å². The molecule has 0 aliphatic carbocycles. The van der Waals surface area contributed by atoms with E-state index in [1.165, 1.54) is 12.1 Å². The molecule has 0 amide bonds. The first kappa shape index (κ1) is 17.6. The summed E-state index contributed by atoms with van der Waals surface area (Å²) in [5, 5.41) is 47.5. The normalized spacial score (nSPS) is 32.3. The summed E-state index contributed by atoms with van der Waals surface area (Å²) in [5.74, 6) is -1.37. The van der Waals surface area contributed by atoms with Crippen LogP contribution in [0, 0.1) is 0 Å². The summed E-state index contributed by atoms with van der Waals surface area (Å²) in [5.41, 5.74) is 0.581. The van der Waals surface area contributed by atoms with E-state index in [4.69, 9.17) is 14.6 Å². The Morgan fingerprint density at radius 2 is 1.78 bits per heavy atom. The van der Waals surface area contributed by atoms with Crippen LogP contribution in [0.25, 0.3) is 0 Å². The van der Waals surface area contributed by atoms with Crippen molar-refractivity contribution in [3.8, 4) is 5.75 Å². The zero-order valence-corrected chi connectivity index (χ0v) is 12.4. The quantitative estimate of drug-likeness (QED) is 0.437. The maximum absolute atomic E-state index is 12.1. The smallest absolute Gasteiger partial charge is 0.315 e. The van der Waals surface area contributed by atoms with Gasteiger partial charge in [-0.3, -0.25) is 4.79 Å². The van der Waals surface area contributed by atoms with Crippen molar-refractivity contribution in [1.82, 2.24) is 0 Å². The number of aromatic hydroxyl groups is 1. The predicted octanol–water partition coefficient (Wildman–Crippen LogP) is -1.16. The minimum atomic E-state index is -1.64. The van der Waals surface area contributed by atoms with Gasteiger partial charge in [0.15, 0.2) is 0 Å². The average molecular weight is 328 g/mol. The van der Waals surface area contributed by atoms with Crippen molar-refractivity contribution in [1.29, 1.82) is 0 Å². The molecule has 128 valence electrons. The Balaban J connectivity index is 2.05. The van der Waals surface area contributed by atoms with Crippen molar-refractivity contribution in [2.45, 2.75) is 43.5 Å². The molecular formula is C15H20O8. The van der Waals surface area contributed by atoms with Gasteiger partial charge >= 0.3 is 5.97 Å². The Labute approximate surface area is 132 Å². The minimum Gasteiger partial charge on any atom is -0.508 e. The maximum atomic E-state index is 12.1. The lowest BCUT2D eigenvalue weighted by molar-refractivity contribution is -0.293. The van der Waals surface area contributed by atoms with Gasteiger partial charge in [0.25, 0.3) is 0 Å². The summed E-state index contributed by atoms with van der Waals surface area (Å²) in [6, 6.07) is 5.95. The summed E-state index contributed by atoms with van der Waals surface area (Å²) in [4.78, 5) is 12.1. The summed E-state index contributed by atoms with van der Waals surface area (Å²) in [7, 11) is 0. The van der Waals surface area contributed by atoms with Gasteiger partial charge in [0.2, 0.25) is 6.29 Å². The van der Waals surface area contributed by atoms with Crippen LogP contribution >= 0.6 is 0 Å². The molecule has 1 heterocycles. The molecule has 5 N–H and O–H groups in total. The number of phenols is 1. The molecule has 0 unspecified atom stereocenters. The van der Waals surface area contributed by atoms with E-state index < -0.39 is 49.2 Å². The number of esters is 1. The van der Waals surface area contributed by atoms with Crippen LogP contribution in [0.2, 0.25) is 0 Å². The molecule has 0 radical (unpaired) electrons. The largest absolute Gasteiger partial charge is 0.508 e. The van der Waals surface area contributed by atoms with Gasteiger partial charge in [-0.05, 0) is 24.6 Å². The number of aliphatic hydroxyl groups is 4. The Kier molecular flexibility index (Phi) is 5.55. The van der Waals surface area contributed by atoms with E-state index in [0.29, 0.717) is 5.56 Å². The van der Waals surface area contributed by atoms with E-state index in [1.54, 1.807) is 19.1 Å². The molecule has 1 aliphatic heterocycles. The van der Waals surface area contributed by atoms with E-state index in [2.05, 4.69) is 0 Å². The number of carbonyl (C=O) groups excluding carboxylic acids is 1. The van der Waals surface area contributed by atoms with Gasteiger partial charge in [-0.2, -0.15) is 0 Å². The van der Waals surface area contributed by atoms with E-state index in [0.717, 1.165) is 0 Å². The second kappa shape index (κ2) is 7.24. The molecule has 0 spiro atoms. The van der Waals surface area contributed by atoms with Crippen LogP contribution in [-0.2, 0) is 14.3 Å².